The maximum absolute atomic E-state index is 12.0. The number of aromatic nitrogens is 1. The first-order valence-electron chi connectivity index (χ1n) is 5.71. The Labute approximate surface area is 105 Å². The van der Waals surface area contributed by atoms with Gasteiger partial charge in [0.1, 0.15) is 0 Å². The summed E-state index contributed by atoms with van der Waals surface area (Å²) in [5.41, 5.74) is 0.570. The molecule has 96 valence electrons. The summed E-state index contributed by atoms with van der Waals surface area (Å²) < 4.78 is 1.72. The lowest BCUT2D eigenvalue weighted by molar-refractivity contribution is -0.139. The first-order chi connectivity index (χ1) is 8.49. The van der Waals surface area contributed by atoms with Gasteiger partial charge in [-0.05, 0) is 19.1 Å². The topological polar surface area (TPSA) is 71.4 Å². The molecule has 1 aromatic rings. The number of aryl methyl sites for hydroxylation is 1. The lowest BCUT2D eigenvalue weighted by Gasteiger charge is -2.30. The number of ketones is 1. The van der Waals surface area contributed by atoms with Crippen molar-refractivity contribution in [2.45, 2.75) is 13.0 Å². The van der Waals surface area contributed by atoms with Crippen LogP contribution in [0.1, 0.15) is 17.4 Å². The summed E-state index contributed by atoms with van der Waals surface area (Å²) in [7, 11) is 1.78. The third kappa shape index (κ3) is 2.33. The lowest BCUT2D eigenvalue weighted by atomic mass is 10.1. The monoisotopic (exact) mass is 249 g/mol. The molecule has 0 radical (unpaired) electrons. The van der Waals surface area contributed by atoms with E-state index in [0.717, 1.165) is 0 Å². The van der Waals surface area contributed by atoms with Gasteiger partial charge in [-0.15, -0.1) is 0 Å². The number of nitrogens with one attached hydrogen (secondary N) is 1. The summed E-state index contributed by atoms with van der Waals surface area (Å²) >= 11 is 0. The maximum atomic E-state index is 12.0. The van der Waals surface area contributed by atoms with Crippen LogP contribution in [0.15, 0.2) is 18.3 Å². The van der Waals surface area contributed by atoms with Crippen molar-refractivity contribution in [3.05, 3.63) is 24.0 Å². The van der Waals surface area contributed by atoms with Gasteiger partial charge < -0.3 is 4.57 Å². The summed E-state index contributed by atoms with van der Waals surface area (Å²) in [4.78, 5) is 36.4. The number of hydrogen-bond donors (Lipinski definition) is 1. The molecule has 1 aliphatic heterocycles. The third-order valence-electron chi connectivity index (χ3n) is 3.11. The van der Waals surface area contributed by atoms with E-state index in [0.29, 0.717) is 5.69 Å². The minimum absolute atomic E-state index is 0.0676. The third-order valence-corrected chi connectivity index (χ3v) is 3.11. The molecule has 1 fully saturated rings. The first kappa shape index (κ1) is 12.5. The van der Waals surface area contributed by atoms with Gasteiger partial charge >= 0.3 is 0 Å². The second kappa shape index (κ2) is 4.73. The molecule has 1 N–H and O–H groups in total. The van der Waals surface area contributed by atoms with Gasteiger partial charge in [0.15, 0.2) is 5.78 Å². The molecule has 1 unspecified atom stereocenters. The average Bonchev–Trinajstić information content (AvgIpc) is 2.71. The van der Waals surface area contributed by atoms with Crippen LogP contribution in [0.3, 0.4) is 0 Å². The van der Waals surface area contributed by atoms with Crippen LogP contribution >= 0.6 is 0 Å². The number of hydrogen-bond acceptors (Lipinski definition) is 4. The van der Waals surface area contributed by atoms with Crippen molar-refractivity contribution < 1.29 is 14.4 Å². The average molecular weight is 249 g/mol. The van der Waals surface area contributed by atoms with Gasteiger partial charge in [-0.25, -0.2) is 0 Å². The molecule has 0 saturated carbocycles. The molecule has 0 aliphatic carbocycles. The van der Waals surface area contributed by atoms with Crippen molar-refractivity contribution in [1.82, 2.24) is 14.8 Å². The van der Waals surface area contributed by atoms with E-state index in [1.165, 1.54) is 0 Å². The van der Waals surface area contributed by atoms with E-state index in [2.05, 4.69) is 5.32 Å². The highest BCUT2D eigenvalue weighted by atomic mass is 16.2. The summed E-state index contributed by atoms with van der Waals surface area (Å²) in [5.74, 6) is -0.819. The molecule has 0 bridgehead atoms. The number of nitrogens with zero attached hydrogens (tertiary/aromatic N) is 2. The smallest absolute Gasteiger partial charge is 0.243 e. The van der Waals surface area contributed by atoms with Crippen LogP contribution in [-0.4, -0.2) is 46.2 Å². The fourth-order valence-electron chi connectivity index (χ4n) is 1.98. The van der Waals surface area contributed by atoms with Crippen LogP contribution in [0, 0.1) is 0 Å². The van der Waals surface area contributed by atoms with Crippen molar-refractivity contribution in [2.24, 2.45) is 7.05 Å². The molecule has 1 aromatic heterocycles. The van der Waals surface area contributed by atoms with Crippen LogP contribution in [0.2, 0.25) is 0 Å². The Morgan fingerprint density at radius 3 is 2.83 bits per heavy atom. The quantitative estimate of drug-likeness (QED) is 0.582. The highest BCUT2D eigenvalue weighted by molar-refractivity contribution is 6.02. The first-order valence-corrected chi connectivity index (χ1v) is 5.71. The van der Waals surface area contributed by atoms with Gasteiger partial charge in [0.25, 0.3) is 0 Å². The van der Waals surface area contributed by atoms with Gasteiger partial charge in [0.2, 0.25) is 11.8 Å². The predicted molar refractivity (Wildman–Crippen MR) is 63.9 cm³/mol. The molecule has 2 amide bonds. The standard InChI is InChI=1S/C12H15N3O3/c1-8-12(18)13-11(17)7-15(8)6-10(16)9-4-3-5-14(9)2/h3-5,8H,6-7H2,1-2H3,(H,13,17,18). The van der Waals surface area contributed by atoms with Gasteiger partial charge in [-0.2, -0.15) is 0 Å². The Bertz CT molecular complexity index is 506. The zero-order chi connectivity index (χ0) is 13.3. The number of amides is 2. The van der Waals surface area contributed by atoms with E-state index in [1.54, 1.807) is 41.8 Å². The molecule has 1 aliphatic rings. The van der Waals surface area contributed by atoms with Crippen molar-refractivity contribution in [2.75, 3.05) is 13.1 Å². The van der Waals surface area contributed by atoms with Crippen molar-refractivity contribution in [3.63, 3.8) is 0 Å². The number of carbonyl (C=O) groups is 3. The SMILES string of the molecule is CC1C(=O)NC(=O)CN1CC(=O)c1cccn1C. The van der Waals surface area contributed by atoms with E-state index in [1.807, 2.05) is 0 Å². The van der Waals surface area contributed by atoms with Crippen LogP contribution in [0.4, 0.5) is 0 Å². The Kier molecular flexibility index (Phi) is 3.29. The second-order valence-corrected chi connectivity index (χ2v) is 4.42. The van der Waals surface area contributed by atoms with E-state index in [4.69, 9.17) is 0 Å². The largest absolute Gasteiger partial charge is 0.348 e. The van der Waals surface area contributed by atoms with E-state index in [9.17, 15) is 14.4 Å². The van der Waals surface area contributed by atoms with Crippen LogP contribution in [0.25, 0.3) is 0 Å². The fraction of sp³-hybridized carbons (Fsp3) is 0.417. The number of imide groups is 1. The second-order valence-electron chi connectivity index (χ2n) is 4.42. The molecule has 0 spiro atoms. The van der Waals surface area contributed by atoms with Gasteiger partial charge in [0.05, 0.1) is 24.8 Å². The number of rotatable bonds is 3. The molecule has 1 atom stereocenters. The van der Waals surface area contributed by atoms with Gasteiger partial charge in [-0.1, -0.05) is 0 Å². The van der Waals surface area contributed by atoms with Crippen LogP contribution < -0.4 is 5.32 Å². The van der Waals surface area contributed by atoms with Gasteiger partial charge in [0, 0.05) is 13.2 Å². The van der Waals surface area contributed by atoms with E-state index in [-0.39, 0.29) is 30.7 Å². The molecule has 1 saturated heterocycles. The number of Topliss-reactive ketones (excluding diaryl/α,β-unsaturated/α-hetero) is 1. The summed E-state index contributed by atoms with van der Waals surface area (Å²) in [6.07, 6.45) is 1.78. The molecule has 2 rings (SSSR count). The molecule has 6 heteroatoms. The Morgan fingerprint density at radius 2 is 2.22 bits per heavy atom. The molecular formula is C12H15N3O3. The minimum atomic E-state index is -0.466. The summed E-state index contributed by atoms with van der Waals surface area (Å²) in [6.45, 7) is 1.82. The predicted octanol–water partition coefficient (Wildman–Crippen LogP) is -0.445. The zero-order valence-electron chi connectivity index (χ0n) is 10.3. The molecule has 6 nitrogen and oxygen atoms in total. The Balaban J connectivity index is 2.09. The van der Waals surface area contributed by atoms with Crippen LogP contribution in [-0.2, 0) is 16.6 Å². The van der Waals surface area contributed by atoms with E-state index < -0.39 is 6.04 Å². The normalized spacial score (nSPS) is 20.9. The summed E-state index contributed by atoms with van der Waals surface area (Å²) in [5, 5.41) is 2.24. The number of carbonyl (C=O) groups excluding carboxylic acids is 3. The fourth-order valence-corrected chi connectivity index (χ4v) is 1.98. The maximum Gasteiger partial charge on any atom is 0.243 e. The highest BCUT2D eigenvalue weighted by Crippen LogP contribution is 2.08. The zero-order valence-corrected chi connectivity index (χ0v) is 10.3. The Hall–Kier alpha value is -1.95. The molecule has 0 aromatic carbocycles. The minimum Gasteiger partial charge on any atom is -0.348 e. The van der Waals surface area contributed by atoms with Crippen LogP contribution in [0.5, 0.6) is 0 Å². The molecule has 18 heavy (non-hydrogen) atoms. The number of piperazine rings is 1. The lowest BCUT2D eigenvalue weighted by Crippen LogP contribution is -2.57. The Morgan fingerprint density at radius 1 is 1.50 bits per heavy atom. The molecule has 2 heterocycles. The van der Waals surface area contributed by atoms with Crippen molar-refractivity contribution in [1.29, 1.82) is 0 Å². The summed E-state index contributed by atoms with van der Waals surface area (Å²) in [6, 6.07) is 3.04. The van der Waals surface area contributed by atoms with Crippen molar-refractivity contribution in [3.8, 4) is 0 Å². The van der Waals surface area contributed by atoms with Crippen molar-refractivity contribution >= 4 is 17.6 Å². The van der Waals surface area contributed by atoms with E-state index >= 15 is 0 Å². The molecular weight excluding hydrogens is 234 g/mol. The highest BCUT2D eigenvalue weighted by Gasteiger charge is 2.31. The van der Waals surface area contributed by atoms with Gasteiger partial charge in [-0.3, -0.25) is 24.6 Å².